The molecule has 0 fully saturated rings. The Morgan fingerprint density at radius 2 is 2.03 bits per heavy atom. The van der Waals surface area contributed by atoms with Gasteiger partial charge >= 0.3 is 0 Å². The summed E-state index contributed by atoms with van der Waals surface area (Å²) in [4.78, 5) is 21.8. The fourth-order valence-electron chi connectivity index (χ4n) is 3.71. The summed E-state index contributed by atoms with van der Waals surface area (Å²) in [6, 6.07) is 5.34. The summed E-state index contributed by atoms with van der Waals surface area (Å²) in [6.45, 7) is 11.8. The summed E-state index contributed by atoms with van der Waals surface area (Å²) in [7, 11) is 0. The van der Waals surface area contributed by atoms with Crippen molar-refractivity contribution in [3.8, 4) is 0 Å². The Balaban J connectivity index is 1.75. The maximum Gasteiger partial charge on any atom is 0.247 e. The number of aliphatic imine (C=N–C) groups is 1. The summed E-state index contributed by atoms with van der Waals surface area (Å²) in [5.41, 5.74) is 3.22. The first-order valence-corrected chi connectivity index (χ1v) is 12.2. The van der Waals surface area contributed by atoms with Gasteiger partial charge in [0.15, 0.2) is 0 Å². The van der Waals surface area contributed by atoms with E-state index in [1.165, 1.54) is 12.1 Å². The lowest BCUT2D eigenvalue weighted by atomic mass is 10.1. The van der Waals surface area contributed by atoms with Crippen molar-refractivity contribution in [3.05, 3.63) is 96.1 Å². The van der Waals surface area contributed by atoms with E-state index < -0.39 is 6.04 Å². The summed E-state index contributed by atoms with van der Waals surface area (Å²) in [5, 5.41) is 6.10. The minimum absolute atomic E-state index is 0.252. The number of rotatable bonds is 9. The van der Waals surface area contributed by atoms with Crippen LogP contribution in [0.5, 0.6) is 0 Å². The van der Waals surface area contributed by atoms with Gasteiger partial charge in [-0.15, -0.1) is 0 Å². The molecular weight excluding hydrogens is 457 g/mol. The SMILES string of the molecule is C=C(/C=C\C(=C(/CC)OCC)n1cnc(C)c1)/C=C/C1=NCCCNC(c2ccc(F)cc2)C(=O)N1. The number of halogens is 1. The van der Waals surface area contributed by atoms with Crippen molar-refractivity contribution in [2.24, 2.45) is 4.99 Å². The van der Waals surface area contributed by atoms with Crippen LogP contribution in [0.1, 0.15) is 44.0 Å². The molecule has 2 heterocycles. The molecule has 1 aliphatic rings. The van der Waals surface area contributed by atoms with Crippen molar-refractivity contribution in [1.29, 1.82) is 0 Å². The van der Waals surface area contributed by atoms with Crippen LogP contribution in [0.15, 0.2) is 84.0 Å². The molecule has 8 heteroatoms. The van der Waals surface area contributed by atoms with Crippen LogP contribution < -0.4 is 10.6 Å². The smallest absolute Gasteiger partial charge is 0.247 e. The lowest BCUT2D eigenvalue weighted by molar-refractivity contribution is -0.121. The predicted molar refractivity (Wildman–Crippen MR) is 142 cm³/mol. The molecule has 2 N–H and O–H groups in total. The second kappa shape index (κ2) is 13.3. The first-order valence-electron chi connectivity index (χ1n) is 12.2. The number of hydrogen-bond acceptors (Lipinski definition) is 5. The standard InChI is InChI=1S/C28H34FN5O2/c1-5-25(36-6-2)24(34-18-21(4)32-19-34)14-8-20(3)9-15-26-30-16-7-17-31-27(28(35)33-26)22-10-12-23(29)13-11-22/h8-15,18-19,27,31H,3,5-7,16-17H2,1-2,4H3,(H,30,33,35)/b14-8-,15-9+,25-24-. The number of amidine groups is 1. The van der Waals surface area contributed by atoms with Gasteiger partial charge in [0, 0.05) is 19.2 Å². The van der Waals surface area contributed by atoms with Gasteiger partial charge < -0.3 is 19.9 Å². The molecule has 0 radical (unpaired) electrons. The van der Waals surface area contributed by atoms with E-state index in [4.69, 9.17) is 4.74 Å². The number of nitrogens with zero attached hydrogens (tertiary/aromatic N) is 3. The Morgan fingerprint density at radius 3 is 2.69 bits per heavy atom. The molecule has 0 bridgehead atoms. The molecule has 1 aromatic carbocycles. The number of nitrogens with one attached hydrogen (secondary N) is 2. The monoisotopic (exact) mass is 491 g/mol. The van der Waals surface area contributed by atoms with Gasteiger partial charge in [0.05, 0.1) is 24.3 Å². The summed E-state index contributed by atoms with van der Waals surface area (Å²) >= 11 is 0. The van der Waals surface area contributed by atoms with Crippen molar-refractivity contribution < 1.29 is 13.9 Å². The van der Waals surface area contributed by atoms with E-state index in [9.17, 15) is 9.18 Å². The molecule has 0 spiro atoms. The number of hydrogen-bond donors (Lipinski definition) is 2. The molecule has 36 heavy (non-hydrogen) atoms. The van der Waals surface area contributed by atoms with Gasteiger partial charge in [-0.3, -0.25) is 9.79 Å². The summed E-state index contributed by atoms with van der Waals surface area (Å²) < 4.78 is 21.1. The molecule has 1 aromatic heterocycles. The molecule has 0 saturated carbocycles. The summed E-state index contributed by atoms with van der Waals surface area (Å²) in [5.74, 6) is 0.718. The first-order chi connectivity index (χ1) is 17.4. The second-order valence-corrected chi connectivity index (χ2v) is 8.31. The Morgan fingerprint density at radius 1 is 1.25 bits per heavy atom. The average Bonchev–Trinajstić information content (AvgIpc) is 3.32. The van der Waals surface area contributed by atoms with Gasteiger partial charge in [-0.2, -0.15) is 0 Å². The Labute approximate surface area is 212 Å². The lowest BCUT2D eigenvalue weighted by Gasteiger charge is -2.17. The zero-order valence-corrected chi connectivity index (χ0v) is 21.1. The van der Waals surface area contributed by atoms with Crippen molar-refractivity contribution >= 4 is 17.4 Å². The number of ether oxygens (including phenoxy) is 1. The maximum absolute atomic E-state index is 13.3. The van der Waals surface area contributed by atoms with Crippen LogP contribution in [-0.2, 0) is 9.53 Å². The van der Waals surface area contributed by atoms with E-state index in [2.05, 4.69) is 27.2 Å². The normalized spacial score (nSPS) is 17.7. The summed E-state index contributed by atoms with van der Waals surface area (Å²) in [6.07, 6.45) is 12.6. The van der Waals surface area contributed by atoms with Gasteiger partial charge in [0.1, 0.15) is 23.5 Å². The van der Waals surface area contributed by atoms with Crippen LogP contribution in [0.2, 0.25) is 0 Å². The highest BCUT2D eigenvalue weighted by atomic mass is 19.1. The Kier molecular flexibility index (Phi) is 9.94. The van der Waals surface area contributed by atoms with Crippen LogP contribution in [0.4, 0.5) is 4.39 Å². The topological polar surface area (TPSA) is 80.5 Å². The van der Waals surface area contributed by atoms with Crippen LogP contribution in [-0.4, -0.2) is 41.0 Å². The number of aryl methyl sites for hydroxylation is 1. The van der Waals surface area contributed by atoms with Gasteiger partial charge in [-0.1, -0.05) is 37.8 Å². The van der Waals surface area contributed by atoms with Gasteiger partial charge in [0.2, 0.25) is 5.91 Å². The zero-order valence-electron chi connectivity index (χ0n) is 21.1. The van der Waals surface area contributed by atoms with Crippen LogP contribution in [0, 0.1) is 12.7 Å². The largest absolute Gasteiger partial charge is 0.496 e. The van der Waals surface area contributed by atoms with E-state index >= 15 is 0 Å². The second-order valence-electron chi connectivity index (χ2n) is 8.31. The third kappa shape index (κ3) is 7.61. The average molecular weight is 492 g/mol. The number of benzene rings is 1. The first kappa shape index (κ1) is 26.8. The van der Waals surface area contributed by atoms with Crippen molar-refractivity contribution in [2.75, 3.05) is 19.7 Å². The highest BCUT2D eigenvalue weighted by Gasteiger charge is 2.21. The highest BCUT2D eigenvalue weighted by molar-refractivity contribution is 6.06. The zero-order chi connectivity index (χ0) is 25.9. The molecule has 1 amide bonds. The lowest BCUT2D eigenvalue weighted by Crippen LogP contribution is -2.39. The third-order valence-electron chi connectivity index (χ3n) is 5.51. The molecule has 7 nitrogen and oxygen atoms in total. The number of aromatic nitrogens is 2. The highest BCUT2D eigenvalue weighted by Crippen LogP contribution is 2.19. The number of carbonyl (C=O) groups excluding carboxylic acids is 1. The number of allylic oxidation sites excluding steroid dienone is 6. The van der Waals surface area contributed by atoms with Crippen molar-refractivity contribution in [3.63, 3.8) is 0 Å². The predicted octanol–water partition coefficient (Wildman–Crippen LogP) is 4.86. The number of carbonyl (C=O) groups is 1. The molecular formula is C28H34FN5O2. The molecule has 0 saturated heterocycles. The Hall–Kier alpha value is -3.78. The van der Waals surface area contributed by atoms with Crippen LogP contribution >= 0.6 is 0 Å². The maximum atomic E-state index is 13.3. The minimum atomic E-state index is -0.595. The number of amides is 1. The molecule has 0 aliphatic carbocycles. The molecule has 3 rings (SSSR count). The van der Waals surface area contributed by atoms with Gasteiger partial charge in [0.25, 0.3) is 0 Å². The van der Waals surface area contributed by atoms with Crippen molar-refractivity contribution in [2.45, 2.75) is 39.7 Å². The third-order valence-corrected chi connectivity index (χ3v) is 5.51. The molecule has 1 atom stereocenters. The fourth-order valence-corrected chi connectivity index (χ4v) is 3.71. The number of imidazole rings is 1. The van der Waals surface area contributed by atoms with Gasteiger partial charge in [-0.25, -0.2) is 9.37 Å². The molecule has 190 valence electrons. The van der Waals surface area contributed by atoms with E-state index in [0.29, 0.717) is 31.1 Å². The van der Waals surface area contributed by atoms with E-state index in [-0.39, 0.29) is 11.7 Å². The fraction of sp³-hybridized carbons (Fsp3) is 0.321. The quantitative estimate of drug-likeness (QED) is 0.388. The van der Waals surface area contributed by atoms with E-state index in [1.807, 2.05) is 43.7 Å². The van der Waals surface area contributed by atoms with Crippen molar-refractivity contribution in [1.82, 2.24) is 20.2 Å². The van der Waals surface area contributed by atoms with Crippen LogP contribution in [0.25, 0.3) is 5.70 Å². The van der Waals surface area contributed by atoms with Crippen LogP contribution in [0.3, 0.4) is 0 Å². The van der Waals surface area contributed by atoms with Gasteiger partial charge in [-0.05, 0) is 62.2 Å². The molecule has 2 aromatic rings. The minimum Gasteiger partial charge on any atom is -0.496 e. The van der Waals surface area contributed by atoms with E-state index in [1.54, 1.807) is 30.6 Å². The molecule has 1 aliphatic heterocycles. The Bertz CT molecular complexity index is 1170. The van der Waals surface area contributed by atoms with E-state index in [0.717, 1.165) is 35.6 Å². The molecule has 1 unspecified atom stereocenters.